The predicted molar refractivity (Wildman–Crippen MR) is 84.6 cm³/mol. The second-order valence-corrected chi connectivity index (χ2v) is 6.59. The second kappa shape index (κ2) is 5.33. The monoisotopic (exact) mass is 340 g/mol. The van der Waals surface area contributed by atoms with Crippen molar-refractivity contribution in [3.05, 3.63) is 45.0 Å². The second-order valence-electron chi connectivity index (χ2n) is 4.59. The van der Waals surface area contributed by atoms with E-state index in [0.29, 0.717) is 15.7 Å². The summed E-state index contributed by atoms with van der Waals surface area (Å²) in [6.07, 6.45) is 1.67. The zero-order valence-electron chi connectivity index (χ0n) is 10.9. The van der Waals surface area contributed by atoms with Gasteiger partial charge in [-0.2, -0.15) is 0 Å². The largest absolute Gasteiger partial charge is 0.481 e. The van der Waals surface area contributed by atoms with E-state index in [1.165, 1.54) is 11.3 Å². The van der Waals surface area contributed by atoms with Crippen LogP contribution in [-0.4, -0.2) is 20.5 Å². The summed E-state index contributed by atoms with van der Waals surface area (Å²) in [5, 5.41) is 9.85. The van der Waals surface area contributed by atoms with E-state index in [2.05, 4.69) is 4.98 Å². The predicted octanol–water partition coefficient (Wildman–Crippen LogP) is 4.31. The van der Waals surface area contributed by atoms with Crippen LogP contribution in [0.25, 0.3) is 16.2 Å². The molecule has 1 aromatic carbocycles. The quantitative estimate of drug-likeness (QED) is 0.773. The average molecular weight is 341 g/mol. The molecule has 0 amide bonds. The highest BCUT2D eigenvalue weighted by Crippen LogP contribution is 2.34. The fourth-order valence-corrected chi connectivity index (χ4v) is 3.51. The zero-order chi connectivity index (χ0) is 15.1. The van der Waals surface area contributed by atoms with E-state index >= 15 is 0 Å². The Morgan fingerprint density at radius 1 is 1.38 bits per heavy atom. The first-order chi connectivity index (χ1) is 9.95. The molecule has 2 heterocycles. The summed E-state index contributed by atoms with van der Waals surface area (Å²) in [5.41, 5.74) is 2.42. The van der Waals surface area contributed by atoms with E-state index in [4.69, 9.17) is 28.3 Å². The van der Waals surface area contributed by atoms with Gasteiger partial charge in [-0.1, -0.05) is 29.3 Å². The minimum atomic E-state index is -0.895. The number of aliphatic carboxylic acids is 1. The normalized spacial score (nSPS) is 11.2. The minimum Gasteiger partial charge on any atom is -0.481 e. The fourth-order valence-electron chi connectivity index (χ4n) is 2.22. The first-order valence-electron chi connectivity index (χ1n) is 6.10. The molecule has 0 radical (unpaired) electrons. The molecular formula is C14H10Cl2N2O2S. The van der Waals surface area contributed by atoms with Crippen molar-refractivity contribution in [2.45, 2.75) is 13.3 Å². The molecule has 3 rings (SSSR count). The van der Waals surface area contributed by atoms with Gasteiger partial charge in [0.1, 0.15) is 0 Å². The molecule has 21 heavy (non-hydrogen) atoms. The summed E-state index contributed by atoms with van der Waals surface area (Å²) >= 11 is 13.5. The van der Waals surface area contributed by atoms with Crippen molar-refractivity contribution in [2.75, 3.05) is 0 Å². The number of benzene rings is 1. The van der Waals surface area contributed by atoms with Gasteiger partial charge in [-0.15, -0.1) is 11.3 Å². The molecule has 7 heteroatoms. The van der Waals surface area contributed by atoms with Crippen LogP contribution in [0.1, 0.15) is 10.6 Å². The van der Waals surface area contributed by atoms with E-state index in [1.807, 2.05) is 17.4 Å². The molecule has 0 bridgehead atoms. The molecule has 0 aliphatic rings. The molecule has 0 fully saturated rings. The molecule has 0 unspecified atom stereocenters. The molecule has 0 saturated heterocycles. The summed E-state index contributed by atoms with van der Waals surface area (Å²) in [5.74, 6) is -0.895. The first kappa shape index (κ1) is 14.4. The van der Waals surface area contributed by atoms with Crippen LogP contribution in [0.4, 0.5) is 0 Å². The Labute approximate surface area is 134 Å². The van der Waals surface area contributed by atoms with Crippen molar-refractivity contribution in [2.24, 2.45) is 0 Å². The number of rotatable bonds is 3. The molecule has 1 N–H and O–H groups in total. The highest BCUT2D eigenvalue weighted by molar-refractivity contribution is 7.17. The molecule has 3 aromatic rings. The topological polar surface area (TPSA) is 54.6 Å². The number of fused-ring (bicyclic) bond motifs is 1. The third-order valence-electron chi connectivity index (χ3n) is 3.07. The number of halogens is 2. The van der Waals surface area contributed by atoms with Crippen molar-refractivity contribution in [3.8, 4) is 11.3 Å². The summed E-state index contributed by atoms with van der Waals surface area (Å²) in [4.78, 5) is 17.0. The van der Waals surface area contributed by atoms with Gasteiger partial charge in [-0.25, -0.2) is 4.98 Å². The van der Waals surface area contributed by atoms with Gasteiger partial charge in [0.15, 0.2) is 4.96 Å². The molecule has 2 aromatic heterocycles. The van der Waals surface area contributed by atoms with Crippen LogP contribution >= 0.6 is 34.5 Å². The van der Waals surface area contributed by atoms with Gasteiger partial charge in [0, 0.05) is 16.6 Å². The van der Waals surface area contributed by atoms with Gasteiger partial charge < -0.3 is 5.11 Å². The Kier molecular flexibility index (Phi) is 3.65. The van der Waals surface area contributed by atoms with Gasteiger partial charge >= 0.3 is 5.97 Å². The lowest BCUT2D eigenvalue weighted by Crippen LogP contribution is -1.99. The van der Waals surface area contributed by atoms with E-state index in [0.717, 1.165) is 21.1 Å². The lowest BCUT2D eigenvalue weighted by atomic mass is 10.1. The number of nitrogens with zero attached hydrogens (tertiary/aromatic N) is 2. The maximum absolute atomic E-state index is 10.8. The van der Waals surface area contributed by atoms with E-state index in [9.17, 15) is 4.79 Å². The number of carboxylic acid groups (broad SMARTS) is 1. The Balaban J connectivity index is 2.16. The summed E-state index contributed by atoms with van der Waals surface area (Å²) < 4.78 is 1.90. The van der Waals surface area contributed by atoms with E-state index < -0.39 is 5.97 Å². The Morgan fingerprint density at radius 2 is 2.14 bits per heavy atom. The van der Waals surface area contributed by atoms with Crippen molar-refractivity contribution in [3.63, 3.8) is 0 Å². The van der Waals surface area contributed by atoms with Crippen LogP contribution in [0, 0.1) is 6.92 Å². The Morgan fingerprint density at radius 3 is 2.81 bits per heavy atom. The molecule has 0 aliphatic heterocycles. The zero-order valence-corrected chi connectivity index (χ0v) is 13.3. The Bertz CT molecular complexity index is 854. The maximum Gasteiger partial charge on any atom is 0.309 e. The Hall–Kier alpha value is -1.56. The number of hydrogen-bond donors (Lipinski definition) is 1. The SMILES string of the molecule is Cc1sc2nc(CC(=O)O)cn2c1-c1ccc(Cl)c(Cl)c1. The van der Waals surface area contributed by atoms with E-state index in [1.54, 1.807) is 18.3 Å². The number of hydrogen-bond acceptors (Lipinski definition) is 3. The van der Waals surface area contributed by atoms with Crippen LogP contribution in [0.5, 0.6) is 0 Å². The maximum atomic E-state index is 10.8. The van der Waals surface area contributed by atoms with Crippen LogP contribution in [-0.2, 0) is 11.2 Å². The van der Waals surface area contributed by atoms with Crippen LogP contribution in [0.3, 0.4) is 0 Å². The van der Waals surface area contributed by atoms with Gasteiger partial charge in [0.2, 0.25) is 0 Å². The van der Waals surface area contributed by atoms with Gasteiger partial charge in [-0.3, -0.25) is 9.20 Å². The molecule has 108 valence electrons. The molecule has 4 nitrogen and oxygen atoms in total. The number of aromatic nitrogens is 2. The third-order valence-corrected chi connectivity index (χ3v) is 4.78. The summed E-state index contributed by atoms with van der Waals surface area (Å²) in [6.45, 7) is 1.99. The smallest absolute Gasteiger partial charge is 0.309 e. The standard InChI is InChI=1S/C14H10Cl2N2O2S/c1-7-13(8-2-3-10(15)11(16)4-8)18-6-9(5-12(19)20)17-14(18)21-7/h2-4,6H,5H2,1H3,(H,19,20). The minimum absolute atomic E-state index is 0.0890. The number of carbonyl (C=O) groups is 1. The van der Waals surface area contributed by atoms with Crippen LogP contribution < -0.4 is 0 Å². The lowest BCUT2D eigenvalue weighted by molar-refractivity contribution is -0.136. The first-order valence-corrected chi connectivity index (χ1v) is 7.67. The average Bonchev–Trinajstić information content (AvgIpc) is 2.88. The summed E-state index contributed by atoms with van der Waals surface area (Å²) in [7, 11) is 0. The van der Waals surface area contributed by atoms with E-state index in [-0.39, 0.29) is 6.42 Å². The lowest BCUT2D eigenvalue weighted by Gasteiger charge is -2.04. The number of thiazole rings is 1. The van der Waals surface area contributed by atoms with Gasteiger partial charge in [-0.05, 0) is 19.1 Å². The van der Waals surface area contributed by atoms with Crippen LogP contribution in [0.2, 0.25) is 10.0 Å². The molecule has 0 atom stereocenters. The molecule has 0 saturated carbocycles. The summed E-state index contributed by atoms with van der Waals surface area (Å²) in [6, 6.07) is 5.44. The molecule has 0 aliphatic carbocycles. The van der Waals surface area contributed by atoms with Gasteiger partial charge in [0.05, 0.1) is 27.9 Å². The fraction of sp³-hybridized carbons (Fsp3) is 0.143. The highest BCUT2D eigenvalue weighted by atomic mass is 35.5. The third kappa shape index (κ3) is 2.64. The number of imidazole rings is 1. The molecule has 0 spiro atoms. The van der Waals surface area contributed by atoms with Crippen molar-refractivity contribution < 1.29 is 9.90 Å². The molecular weight excluding hydrogens is 331 g/mol. The number of aryl methyl sites for hydroxylation is 1. The van der Waals surface area contributed by atoms with Crippen molar-refractivity contribution in [1.82, 2.24) is 9.38 Å². The van der Waals surface area contributed by atoms with Gasteiger partial charge in [0.25, 0.3) is 0 Å². The van der Waals surface area contributed by atoms with Crippen molar-refractivity contribution in [1.29, 1.82) is 0 Å². The van der Waals surface area contributed by atoms with Crippen molar-refractivity contribution >= 4 is 45.5 Å². The number of carboxylic acids is 1. The van der Waals surface area contributed by atoms with Crippen LogP contribution in [0.15, 0.2) is 24.4 Å². The highest BCUT2D eigenvalue weighted by Gasteiger charge is 2.15.